The number of carboxylic acids is 1. The maximum Gasteiger partial charge on any atom is 0.326 e. The first kappa shape index (κ1) is 30.1. The molecule has 0 radical (unpaired) electrons. The number of carbonyl (C=O) groups is 4. The van der Waals surface area contributed by atoms with Crippen molar-refractivity contribution in [2.24, 2.45) is 28.1 Å². The molecule has 3 amide bonds. The molecule has 208 valence electrons. The molecule has 0 aliphatic heterocycles. The van der Waals surface area contributed by atoms with Gasteiger partial charge >= 0.3 is 5.97 Å². The third kappa shape index (κ3) is 9.73. The van der Waals surface area contributed by atoms with Gasteiger partial charge < -0.3 is 43.2 Å². The van der Waals surface area contributed by atoms with E-state index in [2.05, 4.69) is 25.9 Å². The van der Waals surface area contributed by atoms with Gasteiger partial charge in [0.05, 0.1) is 12.6 Å². The number of aromatic amines is 1. The zero-order chi connectivity index (χ0) is 28.2. The number of aromatic nitrogens is 1. The van der Waals surface area contributed by atoms with Gasteiger partial charge in [-0.2, -0.15) is 0 Å². The van der Waals surface area contributed by atoms with Crippen LogP contribution in [0.2, 0.25) is 0 Å². The second-order valence-electron chi connectivity index (χ2n) is 9.49. The van der Waals surface area contributed by atoms with E-state index >= 15 is 0 Å². The lowest BCUT2D eigenvalue weighted by molar-refractivity contribution is -0.142. The summed E-state index contributed by atoms with van der Waals surface area (Å²) in [5, 5.41) is 18.0. The monoisotopic (exact) mass is 530 g/mol. The number of benzene rings is 1. The van der Waals surface area contributed by atoms with Crippen LogP contribution in [0.25, 0.3) is 10.9 Å². The summed E-state index contributed by atoms with van der Waals surface area (Å²) in [6, 6.07) is 4.42. The molecule has 2 aromatic rings. The molecule has 0 aliphatic rings. The molecule has 1 aromatic carbocycles. The number of amides is 3. The summed E-state index contributed by atoms with van der Waals surface area (Å²) < 4.78 is 0. The highest BCUT2D eigenvalue weighted by atomic mass is 16.4. The number of hydrogen-bond acceptors (Lipinski definition) is 6. The molecule has 0 fully saturated rings. The summed E-state index contributed by atoms with van der Waals surface area (Å²) >= 11 is 0. The van der Waals surface area contributed by atoms with E-state index in [9.17, 15) is 24.3 Å². The minimum Gasteiger partial charge on any atom is -0.480 e. The number of hydrogen-bond donors (Lipinski definition) is 8. The van der Waals surface area contributed by atoms with Gasteiger partial charge in [0.2, 0.25) is 17.7 Å². The SMILES string of the molecule is CC(C)CC(NC(=O)C(Cc1c[nH]c2ccccc12)NC(=O)CNC(=O)C(N)CCCN=C(N)N)C(=O)O. The Hall–Kier alpha value is -4.13. The van der Waals surface area contributed by atoms with Gasteiger partial charge in [-0.3, -0.25) is 19.4 Å². The fourth-order valence-corrected chi connectivity index (χ4v) is 3.89. The average Bonchev–Trinajstić information content (AvgIpc) is 3.26. The number of carboxylic acid groups (broad SMARTS) is 1. The third-order valence-corrected chi connectivity index (χ3v) is 5.80. The Bertz CT molecular complexity index is 1140. The number of fused-ring (bicyclic) bond motifs is 1. The van der Waals surface area contributed by atoms with Crippen molar-refractivity contribution in [3.05, 3.63) is 36.0 Å². The van der Waals surface area contributed by atoms with Crippen LogP contribution in [0.1, 0.15) is 38.7 Å². The number of nitrogens with one attached hydrogen (secondary N) is 4. The summed E-state index contributed by atoms with van der Waals surface area (Å²) in [6.07, 6.45) is 2.86. The zero-order valence-electron chi connectivity index (χ0n) is 21.7. The molecule has 0 saturated heterocycles. The second-order valence-corrected chi connectivity index (χ2v) is 9.49. The van der Waals surface area contributed by atoms with Gasteiger partial charge in [-0.1, -0.05) is 32.0 Å². The Labute approximate surface area is 221 Å². The Kier molecular flexibility index (Phi) is 11.5. The molecular weight excluding hydrogens is 492 g/mol. The van der Waals surface area contributed by atoms with Gasteiger partial charge in [0, 0.05) is 30.1 Å². The molecule has 0 aliphatic carbocycles. The van der Waals surface area contributed by atoms with Crippen LogP contribution in [0.15, 0.2) is 35.5 Å². The highest BCUT2D eigenvalue weighted by Crippen LogP contribution is 2.19. The van der Waals surface area contributed by atoms with E-state index < -0.39 is 48.4 Å². The van der Waals surface area contributed by atoms with E-state index in [4.69, 9.17) is 17.2 Å². The number of rotatable bonds is 15. The minimum atomic E-state index is -1.16. The predicted molar refractivity (Wildman–Crippen MR) is 144 cm³/mol. The van der Waals surface area contributed by atoms with Crippen LogP contribution in [-0.2, 0) is 25.6 Å². The van der Waals surface area contributed by atoms with E-state index in [-0.39, 0.29) is 24.7 Å². The van der Waals surface area contributed by atoms with Gasteiger partial charge in [-0.05, 0) is 36.8 Å². The summed E-state index contributed by atoms with van der Waals surface area (Å²) in [5.41, 5.74) is 18.0. The predicted octanol–water partition coefficient (Wildman–Crippen LogP) is -0.692. The summed E-state index contributed by atoms with van der Waals surface area (Å²) in [4.78, 5) is 56.7. The number of guanidine groups is 1. The Morgan fingerprint density at radius 2 is 1.76 bits per heavy atom. The fourth-order valence-electron chi connectivity index (χ4n) is 3.89. The van der Waals surface area contributed by atoms with E-state index in [1.54, 1.807) is 6.20 Å². The van der Waals surface area contributed by atoms with Gasteiger partial charge in [-0.25, -0.2) is 4.79 Å². The van der Waals surface area contributed by atoms with Crippen LogP contribution in [0, 0.1) is 5.92 Å². The molecule has 1 aromatic heterocycles. The highest BCUT2D eigenvalue weighted by Gasteiger charge is 2.28. The number of nitrogens with zero attached hydrogens (tertiary/aromatic N) is 1. The first-order chi connectivity index (χ1) is 18.0. The van der Waals surface area contributed by atoms with Crippen molar-refractivity contribution in [3.63, 3.8) is 0 Å². The van der Waals surface area contributed by atoms with Crippen molar-refractivity contribution in [2.75, 3.05) is 13.1 Å². The average molecular weight is 531 g/mol. The first-order valence-electron chi connectivity index (χ1n) is 12.4. The van der Waals surface area contributed by atoms with Gasteiger partial charge in [0.25, 0.3) is 0 Å². The normalized spacial score (nSPS) is 13.4. The molecule has 3 atom stereocenters. The van der Waals surface area contributed by atoms with Crippen molar-refractivity contribution >= 4 is 40.6 Å². The maximum absolute atomic E-state index is 13.1. The largest absolute Gasteiger partial charge is 0.480 e. The molecule has 1 heterocycles. The molecule has 13 nitrogen and oxygen atoms in total. The summed E-state index contributed by atoms with van der Waals surface area (Å²) in [6.45, 7) is 3.61. The van der Waals surface area contributed by atoms with Crippen molar-refractivity contribution < 1.29 is 24.3 Å². The second kappa shape index (κ2) is 14.6. The fraction of sp³-hybridized carbons (Fsp3) is 0.480. The van der Waals surface area contributed by atoms with Gasteiger partial charge in [0.1, 0.15) is 12.1 Å². The van der Waals surface area contributed by atoms with E-state index in [0.717, 1.165) is 16.5 Å². The maximum atomic E-state index is 13.1. The van der Waals surface area contributed by atoms with Crippen molar-refractivity contribution in [1.29, 1.82) is 0 Å². The van der Waals surface area contributed by atoms with Gasteiger partial charge in [0.15, 0.2) is 5.96 Å². The smallest absolute Gasteiger partial charge is 0.326 e. The molecule has 0 bridgehead atoms. The van der Waals surface area contributed by atoms with Crippen molar-refractivity contribution in [3.8, 4) is 0 Å². The third-order valence-electron chi connectivity index (χ3n) is 5.80. The quantitative estimate of drug-likeness (QED) is 0.0832. The Morgan fingerprint density at radius 3 is 2.42 bits per heavy atom. The number of aliphatic imine (C=N–C) groups is 1. The Balaban J connectivity index is 2.06. The number of H-pyrrole nitrogens is 1. The van der Waals surface area contributed by atoms with Crippen LogP contribution in [0.3, 0.4) is 0 Å². The van der Waals surface area contributed by atoms with E-state index in [0.29, 0.717) is 19.4 Å². The lowest BCUT2D eigenvalue weighted by atomic mass is 10.0. The molecule has 13 heteroatoms. The number of carbonyl (C=O) groups excluding carboxylic acids is 3. The van der Waals surface area contributed by atoms with Crippen LogP contribution in [0.4, 0.5) is 0 Å². The topological polar surface area (TPSA) is 231 Å². The van der Waals surface area contributed by atoms with Crippen LogP contribution >= 0.6 is 0 Å². The van der Waals surface area contributed by atoms with Crippen LogP contribution in [0.5, 0.6) is 0 Å². The Morgan fingerprint density at radius 1 is 1.05 bits per heavy atom. The van der Waals surface area contributed by atoms with Gasteiger partial charge in [-0.15, -0.1) is 0 Å². The molecule has 0 spiro atoms. The standard InChI is InChI=1S/C25H38N8O5/c1-14(2)10-20(24(37)38)33-23(36)19(11-15-12-30-18-8-4-3-6-16(15)18)32-21(34)13-31-22(35)17(26)7-5-9-29-25(27)28/h3-4,6,8,12,14,17,19-20,30H,5,7,9-11,13,26H2,1-2H3,(H,31,35)(H,32,34)(H,33,36)(H,37,38)(H4,27,28,29). The summed E-state index contributed by atoms with van der Waals surface area (Å²) in [7, 11) is 0. The number of para-hydroxylation sites is 1. The van der Waals surface area contributed by atoms with Crippen molar-refractivity contribution in [1.82, 2.24) is 20.9 Å². The first-order valence-corrected chi connectivity index (χ1v) is 12.4. The molecule has 38 heavy (non-hydrogen) atoms. The van der Waals surface area contributed by atoms with E-state index in [1.807, 2.05) is 38.1 Å². The zero-order valence-corrected chi connectivity index (χ0v) is 21.7. The minimum absolute atomic E-state index is 0.0249. The van der Waals surface area contributed by atoms with E-state index in [1.165, 1.54) is 0 Å². The summed E-state index contributed by atoms with van der Waals surface area (Å²) in [5.74, 6) is -2.99. The molecular formula is C25H38N8O5. The number of aliphatic carboxylic acids is 1. The lowest BCUT2D eigenvalue weighted by Crippen LogP contribution is -2.54. The van der Waals surface area contributed by atoms with Crippen molar-refractivity contribution in [2.45, 2.75) is 57.7 Å². The number of nitrogens with two attached hydrogens (primary N) is 3. The van der Waals surface area contributed by atoms with Crippen LogP contribution in [-0.4, -0.2) is 71.0 Å². The molecule has 3 unspecified atom stereocenters. The molecule has 11 N–H and O–H groups in total. The van der Waals surface area contributed by atoms with Crippen LogP contribution < -0.4 is 33.2 Å². The molecule has 2 rings (SSSR count). The molecule has 0 saturated carbocycles. The lowest BCUT2D eigenvalue weighted by Gasteiger charge is -2.22. The highest BCUT2D eigenvalue weighted by molar-refractivity contribution is 5.93.